The van der Waals surface area contributed by atoms with Gasteiger partial charge in [0.05, 0.1) is 6.61 Å². The van der Waals surface area contributed by atoms with Gasteiger partial charge in [0.2, 0.25) is 0 Å². The van der Waals surface area contributed by atoms with Crippen molar-refractivity contribution in [1.29, 1.82) is 0 Å². The Morgan fingerprint density at radius 1 is 1.08 bits per heavy atom. The standard InChI is InChI=1S/C20H26FN3O/c1-22-20(23-12-6-9-16-7-4-3-5-8-16)24-14-17-10-11-19(21)18(13-17)15-25-2/h3-5,7-8,10-11,13H,6,9,12,14-15H2,1-2H3,(H2,22,23,24). The summed E-state index contributed by atoms with van der Waals surface area (Å²) in [4.78, 5) is 4.22. The van der Waals surface area contributed by atoms with Crippen LogP contribution >= 0.6 is 0 Å². The molecule has 0 radical (unpaired) electrons. The third-order valence-corrected chi connectivity index (χ3v) is 3.87. The molecule has 0 aliphatic rings. The highest BCUT2D eigenvalue weighted by Gasteiger charge is 2.04. The van der Waals surface area contributed by atoms with Crippen LogP contribution in [-0.2, 0) is 24.3 Å². The Kier molecular flexibility index (Phi) is 7.92. The lowest BCUT2D eigenvalue weighted by atomic mass is 10.1. The zero-order chi connectivity index (χ0) is 17.9. The number of aryl methyl sites for hydroxylation is 1. The zero-order valence-corrected chi connectivity index (χ0v) is 14.9. The van der Waals surface area contributed by atoms with Gasteiger partial charge in [-0.15, -0.1) is 0 Å². The fourth-order valence-electron chi connectivity index (χ4n) is 2.55. The molecular weight excluding hydrogens is 317 g/mol. The first-order valence-corrected chi connectivity index (χ1v) is 8.47. The molecule has 2 aromatic rings. The van der Waals surface area contributed by atoms with Crippen molar-refractivity contribution < 1.29 is 9.13 Å². The number of halogens is 1. The number of ether oxygens (including phenoxy) is 1. The predicted molar refractivity (Wildman–Crippen MR) is 100 cm³/mol. The molecule has 0 fully saturated rings. The maximum Gasteiger partial charge on any atom is 0.191 e. The topological polar surface area (TPSA) is 45.7 Å². The smallest absolute Gasteiger partial charge is 0.191 e. The minimum atomic E-state index is -0.242. The molecule has 0 bridgehead atoms. The Balaban J connectivity index is 1.75. The van der Waals surface area contributed by atoms with Gasteiger partial charge in [0.15, 0.2) is 5.96 Å². The van der Waals surface area contributed by atoms with Crippen LogP contribution in [0.1, 0.15) is 23.1 Å². The molecule has 25 heavy (non-hydrogen) atoms. The summed E-state index contributed by atoms with van der Waals surface area (Å²) >= 11 is 0. The molecule has 2 aromatic carbocycles. The molecule has 0 aliphatic heterocycles. The van der Waals surface area contributed by atoms with Gasteiger partial charge in [-0.2, -0.15) is 0 Å². The quantitative estimate of drug-likeness (QED) is 0.439. The van der Waals surface area contributed by atoms with Crippen molar-refractivity contribution in [1.82, 2.24) is 10.6 Å². The van der Waals surface area contributed by atoms with E-state index in [2.05, 4.69) is 39.9 Å². The Bertz CT molecular complexity index is 674. The first-order chi connectivity index (χ1) is 12.2. The van der Waals surface area contributed by atoms with Crippen molar-refractivity contribution in [3.63, 3.8) is 0 Å². The second kappa shape index (κ2) is 10.5. The molecular formula is C20H26FN3O. The molecule has 0 atom stereocenters. The summed E-state index contributed by atoms with van der Waals surface area (Å²) in [7, 11) is 3.30. The summed E-state index contributed by atoms with van der Waals surface area (Å²) in [5, 5.41) is 6.55. The van der Waals surface area contributed by atoms with Gasteiger partial charge in [-0.3, -0.25) is 4.99 Å². The van der Waals surface area contributed by atoms with E-state index < -0.39 is 0 Å². The Morgan fingerprint density at radius 2 is 1.88 bits per heavy atom. The molecule has 0 saturated heterocycles. The van der Waals surface area contributed by atoms with Crippen molar-refractivity contribution in [2.75, 3.05) is 20.7 Å². The lowest BCUT2D eigenvalue weighted by Crippen LogP contribution is -2.37. The Morgan fingerprint density at radius 3 is 2.60 bits per heavy atom. The first kappa shape index (κ1) is 18.9. The minimum Gasteiger partial charge on any atom is -0.380 e. The number of aliphatic imine (C=N–C) groups is 1. The Labute approximate surface area is 149 Å². The Hall–Kier alpha value is -2.40. The van der Waals surface area contributed by atoms with Crippen molar-refractivity contribution in [2.45, 2.75) is 26.0 Å². The molecule has 2 rings (SSSR count). The fraction of sp³-hybridized carbons (Fsp3) is 0.350. The van der Waals surface area contributed by atoms with Gasteiger partial charge in [0.1, 0.15) is 5.82 Å². The number of guanidine groups is 1. The van der Waals surface area contributed by atoms with Crippen LogP contribution in [0.2, 0.25) is 0 Å². The highest BCUT2D eigenvalue weighted by atomic mass is 19.1. The van der Waals surface area contributed by atoms with E-state index in [1.165, 1.54) is 11.6 Å². The van der Waals surface area contributed by atoms with E-state index in [4.69, 9.17) is 4.74 Å². The second-order valence-electron chi connectivity index (χ2n) is 5.80. The van der Waals surface area contributed by atoms with E-state index in [1.54, 1.807) is 20.2 Å². The van der Waals surface area contributed by atoms with Gasteiger partial charge in [-0.25, -0.2) is 4.39 Å². The molecule has 134 valence electrons. The average molecular weight is 343 g/mol. The lowest BCUT2D eigenvalue weighted by Gasteiger charge is -2.13. The van der Waals surface area contributed by atoms with E-state index in [-0.39, 0.29) is 12.4 Å². The van der Waals surface area contributed by atoms with Crippen LogP contribution in [0.4, 0.5) is 4.39 Å². The van der Waals surface area contributed by atoms with Crippen LogP contribution < -0.4 is 10.6 Å². The van der Waals surface area contributed by atoms with Gasteiger partial charge < -0.3 is 15.4 Å². The van der Waals surface area contributed by atoms with Gasteiger partial charge in [-0.1, -0.05) is 36.4 Å². The van der Waals surface area contributed by atoms with Crippen molar-refractivity contribution in [2.24, 2.45) is 4.99 Å². The molecule has 0 saturated carbocycles. The SMILES string of the molecule is CN=C(NCCCc1ccccc1)NCc1ccc(F)c(COC)c1. The minimum absolute atomic E-state index is 0.242. The van der Waals surface area contributed by atoms with E-state index in [0.717, 1.165) is 30.9 Å². The summed E-state index contributed by atoms with van der Waals surface area (Å²) in [6, 6.07) is 15.5. The molecule has 0 aliphatic carbocycles. The third kappa shape index (κ3) is 6.55. The molecule has 4 nitrogen and oxygen atoms in total. The largest absolute Gasteiger partial charge is 0.380 e. The van der Waals surface area contributed by atoms with Gasteiger partial charge in [-0.05, 0) is 36.1 Å². The molecule has 0 unspecified atom stereocenters. The molecule has 0 heterocycles. The average Bonchev–Trinajstić information content (AvgIpc) is 2.64. The molecule has 0 amide bonds. The first-order valence-electron chi connectivity index (χ1n) is 8.47. The monoisotopic (exact) mass is 343 g/mol. The highest BCUT2D eigenvalue weighted by Crippen LogP contribution is 2.11. The van der Waals surface area contributed by atoms with E-state index in [1.807, 2.05) is 12.1 Å². The number of nitrogens with one attached hydrogen (secondary N) is 2. The zero-order valence-electron chi connectivity index (χ0n) is 14.9. The molecule has 5 heteroatoms. The van der Waals surface area contributed by atoms with Crippen LogP contribution in [0.3, 0.4) is 0 Å². The third-order valence-electron chi connectivity index (χ3n) is 3.87. The highest BCUT2D eigenvalue weighted by molar-refractivity contribution is 5.79. The summed E-state index contributed by atoms with van der Waals surface area (Å²) in [5.41, 5.74) is 2.89. The number of nitrogens with zero attached hydrogens (tertiary/aromatic N) is 1. The van der Waals surface area contributed by atoms with Gasteiger partial charge in [0, 0.05) is 32.8 Å². The maximum atomic E-state index is 13.6. The van der Waals surface area contributed by atoms with Crippen LogP contribution in [0.25, 0.3) is 0 Å². The number of hydrogen-bond acceptors (Lipinski definition) is 2. The molecule has 0 spiro atoms. The van der Waals surface area contributed by atoms with Crippen molar-refractivity contribution in [3.8, 4) is 0 Å². The van der Waals surface area contributed by atoms with Crippen LogP contribution in [0, 0.1) is 5.82 Å². The van der Waals surface area contributed by atoms with E-state index in [9.17, 15) is 4.39 Å². The maximum absolute atomic E-state index is 13.6. The number of rotatable bonds is 8. The lowest BCUT2D eigenvalue weighted by molar-refractivity contribution is 0.181. The van der Waals surface area contributed by atoms with Crippen LogP contribution in [0.5, 0.6) is 0 Å². The van der Waals surface area contributed by atoms with E-state index >= 15 is 0 Å². The number of methoxy groups -OCH3 is 1. The normalized spacial score (nSPS) is 11.4. The summed E-state index contributed by atoms with van der Waals surface area (Å²) in [6.45, 7) is 1.69. The molecule has 0 aromatic heterocycles. The van der Waals surface area contributed by atoms with Gasteiger partial charge in [0.25, 0.3) is 0 Å². The van der Waals surface area contributed by atoms with Gasteiger partial charge >= 0.3 is 0 Å². The van der Waals surface area contributed by atoms with Crippen molar-refractivity contribution >= 4 is 5.96 Å². The summed E-state index contributed by atoms with van der Waals surface area (Å²) < 4.78 is 18.6. The van der Waals surface area contributed by atoms with Crippen molar-refractivity contribution in [3.05, 3.63) is 71.0 Å². The summed E-state index contributed by atoms with van der Waals surface area (Å²) in [6.07, 6.45) is 2.06. The van der Waals surface area contributed by atoms with E-state index in [0.29, 0.717) is 12.1 Å². The van der Waals surface area contributed by atoms with Crippen LogP contribution in [0.15, 0.2) is 53.5 Å². The molecule has 2 N–H and O–H groups in total. The second-order valence-corrected chi connectivity index (χ2v) is 5.80. The van der Waals surface area contributed by atoms with Crippen LogP contribution in [-0.4, -0.2) is 26.7 Å². The number of benzene rings is 2. The number of hydrogen-bond donors (Lipinski definition) is 2. The summed E-state index contributed by atoms with van der Waals surface area (Å²) in [5.74, 6) is 0.500. The predicted octanol–water partition coefficient (Wildman–Crippen LogP) is 3.27. The fourth-order valence-corrected chi connectivity index (χ4v) is 2.55.